The average molecular weight is 340 g/mol. The molecule has 0 bridgehead atoms. The Kier molecular flexibility index (Phi) is 5.87. The molecule has 1 aromatic carbocycles. The lowest BCUT2D eigenvalue weighted by atomic mass is 10.1. The van der Waals surface area contributed by atoms with Crippen molar-refractivity contribution in [1.82, 2.24) is 9.80 Å². The summed E-state index contributed by atoms with van der Waals surface area (Å²) in [5.41, 5.74) is 4.15. The molecule has 0 atom stereocenters. The summed E-state index contributed by atoms with van der Waals surface area (Å²) in [5, 5.41) is 0.942. The SMILES string of the molecule is Cc1cc(N2CCN(CCN(C)C)CC2)ccc1CBr. The first-order chi connectivity index (χ1) is 9.60. The van der Waals surface area contributed by atoms with Crippen LogP contribution in [0, 0.1) is 6.92 Å². The fourth-order valence-corrected chi connectivity index (χ4v) is 3.23. The van der Waals surface area contributed by atoms with Crippen molar-refractivity contribution in [2.75, 3.05) is 58.3 Å². The summed E-state index contributed by atoms with van der Waals surface area (Å²) in [6.45, 7) is 9.16. The molecule has 4 heteroatoms. The number of aryl methyl sites for hydroxylation is 1. The maximum atomic E-state index is 3.54. The zero-order valence-corrected chi connectivity index (χ0v) is 14.5. The van der Waals surface area contributed by atoms with Crippen LogP contribution in [0.4, 0.5) is 5.69 Å². The zero-order chi connectivity index (χ0) is 14.5. The highest BCUT2D eigenvalue weighted by atomic mass is 79.9. The Balaban J connectivity index is 1.88. The summed E-state index contributed by atoms with van der Waals surface area (Å²) in [5.74, 6) is 0. The first-order valence-corrected chi connectivity index (χ1v) is 8.50. The normalized spacial score (nSPS) is 16.9. The van der Waals surface area contributed by atoms with E-state index in [9.17, 15) is 0 Å². The standard InChI is InChI=1S/C16H26BrN3/c1-14-12-16(5-4-15(14)13-17)20-10-8-19(9-11-20)7-6-18(2)3/h4-5,12H,6-11,13H2,1-3H3. The third-order valence-electron chi connectivity index (χ3n) is 4.07. The van der Waals surface area contributed by atoms with Crippen LogP contribution < -0.4 is 4.90 Å². The summed E-state index contributed by atoms with van der Waals surface area (Å²) in [7, 11) is 4.29. The van der Waals surface area contributed by atoms with E-state index in [-0.39, 0.29) is 0 Å². The Morgan fingerprint density at radius 2 is 1.85 bits per heavy atom. The third kappa shape index (κ3) is 4.21. The van der Waals surface area contributed by atoms with Crippen molar-refractivity contribution < 1.29 is 0 Å². The van der Waals surface area contributed by atoms with Crippen LogP contribution in [0.3, 0.4) is 0 Å². The average Bonchev–Trinajstić information content (AvgIpc) is 2.45. The molecule has 1 aliphatic rings. The summed E-state index contributed by atoms with van der Waals surface area (Å²) in [6.07, 6.45) is 0. The number of piperazine rings is 1. The van der Waals surface area contributed by atoms with E-state index in [2.05, 4.69) is 69.8 Å². The van der Waals surface area contributed by atoms with E-state index in [4.69, 9.17) is 0 Å². The molecule has 1 saturated heterocycles. The second-order valence-electron chi connectivity index (χ2n) is 5.88. The Hall–Kier alpha value is -0.580. The maximum Gasteiger partial charge on any atom is 0.0369 e. The number of benzene rings is 1. The fraction of sp³-hybridized carbons (Fsp3) is 0.625. The summed E-state index contributed by atoms with van der Waals surface area (Å²) in [4.78, 5) is 7.34. The molecule has 0 unspecified atom stereocenters. The number of alkyl halides is 1. The van der Waals surface area contributed by atoms with E-state index in [0.29, 0.717) is 0 Å². The number of anilines is 1. The number of halogens is 1. The van der Waals surface area contributed by atoms with Gasteiger partial charge in [0, 0.05) is 50.3 Å². The van der Waals surface area contributed by atoms with E-state index in [0.717, 1.165) is 25.0 Å². The second kappa shape index (κ2) is 7.43. The number of hydrogen-bond donors (Lipinski definition) is 0. The minimum absolute atomic E-state index is 0.942. The lowest BCUT2D eigenvalue weighted by molar-refractivity contribution is 0.229. The van der Waals surface area contributed by atoms with Crippen LogP contribution in [0.1, 0.15) is 11.1 Å². The molecule has 1 heterocycles. The van der Waals surface area contributed by atoms with Crippen LogP contribution in [-0.2, 0) is 5.33 Å². The first-order valence-electron chi connectivity index (χ1n) is 7.37. The number of likely N-dealkylation sites (N-methyl/N-ethyl adjacent to an activating group) is 1. The molecule has 0 aliphatic carbocycles. The number of hydrogen-bond acceptors (Lipinski definition) is 3. The molecule has 0 N–H and O–H groups in total. The zero-order valence-electron chi connectivity index (χ0n) is 12.9. The van der Waals surface area contributed by atoms with Gasteiger partial charge in [-0.15, -0.1) is 0 Å². The summed E-state index contributed by atoms with van der Waals surface area (Å²) >= 11 is 3.54. The molecule has 0 spiro atoms. The van der Waals surface area contributed by atoms with Crippen LogP contribution in [0.2, 0.25) is 0 Å². The second-order valence-corrected chi connectivity index (χ2v) is 6.44. The molecule has 0 saturated carbocycles. The molecular formula is C16H26BrN3. The van der Waals surface area contributed by atoms with Crippen molar-refractivity contribution in [2.24, 2.45) is 0 Å². The third-order valence-corrected chi connectivity index (χ3v) is 4.68. The van der Waals surface area contributed by atoms with Gasteiger partial charge in [0.2, 0.25) is 0 Å². The van der Waals surface area contributed by atoms with Gasteiger partial charge in [0.25, 0.3) is 0 Å². The van der Waals surface area contributed by atoms with Crippen molar-refractivity contribution in [3.8, 4) is 0 Å². The molecule has 0 radical (unpaired) electrons. The topological polar surface area (TPSA) is 9.72 Å². The fourth-order valence-electron chi connectivity index (χ4n) is 2.60. The van der Waals surface area contributed by atoms with E-state index in [1.54, 1.807) is 0 Å². The number of nitrogens with zero attached hydrogens (tertiary/aromatic N) is 3. The quantitative estimate of drug-likeness (QED) is 0.763. The van der Waals surface area contributed by atoms with Crippen molar-refractivity contribution in [1.29, 1.82) is 0 Å². The van der Waals surface area contributed by atoms with Gasteiger partial charge in [-0.05, 0) is 44.3 Å². The minimum atomic E-state index is 0.942. The van der Waals surface area contributed by atoms with Gasteiger partial charge in [0.15, 0.2) is 0 Å². The predicted octanol–water partition coefficient (Wildman–Crippen LogP) is 2.57. The van der Waals surface area contributed by atoms with Gasteiger partial charge in [-0.3, -0.25) is 4.90 Å². The minimum Gasteiger partial charge on any atom is -0.369 e. The van der Waals surface area contributed by atoms with Crippen LogP contribution in [0.5, 0.6) is 0 Å². The summed E-state index contributed by atoms with van der Waals surface area (Å²) in [6, 6.07) is 6.84. The van der Waals surface area contributed by atoms with Gasteiger partial charge in [0.1, 0.15) is 0 Å². The molecule has 0 aromatic heterocycles. The molecule has 112 valence electrons. The van der Waals surface area contributed by atoms with Crippen LogP contribution in [-0.4, -0.2) is 63.2 Å². The molecule has 0 amide bonds. The lowest BCUT2D eigenvalue weighted by Gasteiger charge is -2.36. The first kappa shape index (κ1) is 15.8. The molecule has 1 aromatic rings. The Morgan fingerprint density at radius 1 is 1.15 bits per heavy atom. The molecule has 2 rings (SSSR count). The molecule has 1 aliphatic heterocycles. The van der Waals surface area contributed by atoms with Gasteiger partial charge in [-0.25, -0.2) is 0 Å². The molecular weight excluding hydrogens is 314 g/mol. The highest BCUT2D eigenvalue weighted by molar-refractivity contribution is 9.08. The Bertz CT molecular complexity index is 426. The van der Waals surface area contributed by atoms with Crippen molar-refractivity contribution in [3.05, 3.63) is 29.3 Å². The van der Waals surface area contributed by atoms with Gasteiger partial charge >= 0.3 is 0 Å². The Morgan fingerprint density at radius 3 is 2.40 bits per heavy atom. The monoisotopic (exact) mass is 339 g/mol. The van der Waals surface area contributed by atoms with E-state index < -0.39 is 0 Å². The van der Waals surface area contributed by atoms with Crippen molar-refractivity contribution in [3.63, 3.8) is 0 Å². The van der Waals surface area contributed by atoms with E-state index >= 15 is 0 Å². The smallest absolute Gasteiger partial charge is 0.0369 e. The van der Waals surface area contributed by atoms with E-state index in [1.807, 2.05) is 0 Å². The maximum absolute atomic E-state index is 3.54. The Labute approximate surface area is 131 Å². The van der Waals surface area contributed by atoms with Gasteiger partial charge in [0.05, 0.1) is 0 Å². The van der Waals surface area contributed by atoms with E-state index in [1.165, 1.54) is 36.4 Å². The van der Waals surface area contributed by atoms with Gasteiger partial charge in [-0.1, -0.05) is 22.0 Å². The molecule has 3 nitrogen and oxygen atoms in total. The van der Waals surface area contributed by atoms with Crippen LogP contribution in [0.15, 0.2) is 18.2 Å². The van der Waals surface area contributed by atoms with Crippen LogP contribution >= 0.6 is 15.9 Å². The molecule has 20 heavy (non-hydrogen) atoms. The summed E-state index contributed by atoms with van der Waals surface area (Å²) < 4.78 is 0. The van der Waals surface area contributed by atoms with Crippen molar-refractivity contribution in [2.45, 2.75) is 12.3 Å². The lowest BCUT2D eigenvalue weighted by Crippen LogP contribution is -2.48. The predicted molar refractivity (Wildman–Crippen MR) is 91.0 cm³/mol. The number of rotatable bonds is 5. The highest BCUT2D eigenvalue weighted by Gasteiger charge is 2.17. The molecule has 1 fully saturated rings. The largest absolute Gasteiger partial charge is 0.369 e. The van der Waals surface area contributed by atoms with Gasteiger partial charge in [-0.2, -0.15) is 0 Å². The van der Waals surface area contributed by atoms with Gasteiger partial charge < -0.3 is 9.80 Å². The van der Waals surface area contributed by atoms with Crippen molar-refractivity contribution >= 4 is 21.6 Å². The van der Waals surface area contributed by atoms with Crippen LogP contribution in [0.25, 0.3) is 0 Å². The highest BCUT2D eigenvalue weighted by Crippen LogP contribution is 2.22.